The van der Waals surface area contributed by atoms with Gasteiger partial charge in [-0.3, -0.25) is 4.79 Å². The van der Waals surface area contributed by atoms with Gasteiger partial charge in [0.1, 0.15) is 22.8 Å². The van der Waals surface area contributed by atoms with Gasteiger partial charge in [-0.25, -0.2) is 4.79 Å². The highest BCUT2D eigenvalue weighted by Crippen LogP contribution is 2.36. The van der Waals surface area contributed by atoms with E-state index in [4.69, 9.17) is 4.74 Å². The molecule has 10 heteroatoms. The number of carbonyl (C=O) groups excluding carboxylic acids is 2. The van der Waals surface area contributed by atoms with Crippen LogP contribution in [-0.2, 0) is 16.1 Å². The van der Waals surface area contributed by atoms with Crippen LogP contribution in [0.25, 0.3) is 6.08 Å². The lowest BCUT2D eigenvalue weighted by Gasteiger charge is -2.25. The minimum atomic E-state index is -0.738. The van der Waals surface area contributed by atoms with Crippen molar-refractivity contribution in [1.29, 1.82) is 0 Å². The van der Waals surface area contributed by atoms with Gasteiger partial charge in [0.15, 0.2) is 5.17 Å². The number of phenolic OH excluding ortho intramolecular Hbond substituents is 3. The zero-order valence-electron chi connectivity index (χ0n) is 20.4. The molecular formula is C27H25N3O6S. The van der Waals surface area contributed by atoms with Crippen molar-refractivity contribution < 1.29 is 29.6 Å². The molecule has 1 heterocycles. The molecule has 0 atom stereocenters. The quantitative estimate of drug-likeness (QED) is 0.248. The van der Waals surface area contributed by atoms with Gasteiger partial charge >= 0.3 is 5.97 Å². The predicted octanol–water partition coefficient (Wildman–Crippen LogP) is 4.33. The van der Waals surface area contributed by atoms with Crippen LogP contribution in [0.15, 0.2) is 70.6 Å². The molecule has 1 aliphatic heterocycles. The Morgan fingerprint density at radius 1 is 0.973 bits per heavy atom. The van der Waals surface area contributed by atoms with E-state index < -0.39 is 11.9 Å². The zero-order chi connectivity index (χ0) is 26.7. The summed E-state index contributed by atoms with van der Waals surface area (Å²) in [6, 6.07) is 16.1. The zero-order valence-corrected chi connectivity index (χ0v) is 21.2. The van der Waals surface area contributed by atoms with Crippen LogP contribution in [0.5, 0.6) is 17.2 Å². The number of carbonyl (C=O) groups is 2. The van der Waals surface area contributed by atoms with Crippen LogP contribution >= 0.6 is 11.8 Å². The lowest BCUT2D eigenvalue weighted by Crippen LogP contribution is -2.27. The van der Waals surface area contributed by atoms with Crippen LogP contribution < -0.4 is 9.80 Å². The summed E-state index contributed by atoms with van der Waals surface area (Å²) in [6.45, 7) is 0.00947. The first kappa shape index (κ1) is 25.6. The Kier molecular flexibility index (Phi) is 7.40. The fourth-order valence-electron chi connectivity index (χ4n) is 3.64. The summed E-state index contributed by atoms with van der Waals surface area (Å²) >= 11 is 1.13. The van der Waals surface area contributed by atoms with Crippen LogP contribution in [0.4, 0.5) is 11.4 Å². The summed E-state index contributed by atoms with van der Waals surface area (Å²) in [4.78, 5) is 33.2. The van der Waals surface area contributed by atoms with Gasteiger partial charge < -0.3 is 29.9 Å². The van der Waals surface area contributed by atoms with Crippen LogP contribution in [0.1, 0.15) is 21.5 Å². The van der Waals surface area contributed by atoms with Gasteiger partial charge in [-0.2, -0.15) is 4.99 Å². The van der Waals surface area contributed by atoms with Crippen molar-refractivity contribution >= 4 is 46.3 Å². The molecule has 0 fully saturated rings. The standard InChI is InChI=1S/C27H25N3O6S/c1-29(2)18-6-4-16(5-7-18)12-24-25(34)28-27(37-24)30(15-17-13-20(31)9-11-22(17)32)19-8-10-23(33)21(14-19)26(35)36-3/h4-14,31-33H,15H2,1-3H3/b24-12-. The molecule has 3 aromatic rings. The van der Waals surface area contributed by atoms with Gasteiger partial charge in [0, 0.05) is 31.0 Å². The first-order valence-electron chi connectivity index (χ1n) is 11.2. The van der Waals surface area contributed by atoms with E-state index in [-0.39, 0.29) is 29.4 Å². The third kappa shape index (κ3) is 5.70. The molecule has 4 rings (SSSR count). The number of amidine groups is 1. The van der Waals surface area contributed by atoms with E-state index in [0.29, 0.717) is 21.3 Å². The number of rotatable bonds is 6. The van der Waals surface area contributed by atoms with E-state index in [2.05, 4.69) is 4.99 Å². The Balaban J connectivity index is 1.71. The van der Waals surface area contributed by atoms with Crippen molar-refractivity contribution in [2.24, 2.45) is 4.99 Å². The molecule has 190 valence electrons. The number of esters is 1. The maximum atomic E-state index is 12.8. The summed E-state index contributed by atoms with van der Waals surface area (Å²) in [5.74, 6) is -1.56. The average molecular weight is 520 g/mol. The number of methoxy groups -OCH3 is 1. The second kappa shape index (κ2) is 10.7. The smallest absolute Gasteiger partial charge is 0.341 e. The van der Waals surface area contributed by atoms with E-state index in [0.717, 1.165) is 23.0 Å². The summed E-state index contributed by atoms with van der Waals surface area (Å²) in [5, 5.41) is 30.8. The third-order valence-corrected chi connectivity index (χ3v) is 6.64. The maximum Gasteiger partial charge on any atom is 0.341 e. The second-order valence-corrected chi connectivity index (χ2v) is 9.40. The number of phenols is 3. The minimum Gasteiger partial charge on any atom is -0.508 e. The molecular weight excluding hydrogens is 494 g/mol. The highest BCUT2D eigenvalue weighted by Gasteiger charge is 2.29. The van der Waals surface area contributed by atoms with E-state index >= 15 is 0 Å². The first-order valence-corrected chi connectivity index (χ1v) is 12.0. The number of aromatic hydroxyl groups is 3. The molecule has 0 saturated carbocycles. The monoisotopic (exact) mass is 519 g/mol. The lowest BCUT2D eigenvalue weighted by molar-refractivity contribution is -0.113. The molecule has 1 aliphatic rings. The molecule has 0 aliphatic carbocycles. The number of ether oxygens (including phenoxy) is 1. The van der Waals surface area contributed by atoms with Gasteiger partial charge in [0.05, 0.1) is 18.6 Å². The molecule has 0 spiro atoms. The largest absolute Gasteiger partial charge is 0.508 e. The van der Waals surface area contributed by atoms with Gasteiger partial charge in [-0.15, -0.1) is 0 Å². The molecule has 1 amide bonds. The molecule has 0 bridgehead atoms. The Morgan fingerprint density at radius 2 is 1.65 bits per heavy atom. The van der Waals surface area contributed by atoms with Crippen molar-refractivity contribution in [2.75, 3.05) is 31.0 Å². The number of thioether (sulfide) groups is 1. The lowest BCUT2D eigenvalue weighted by atomic mass is 10.1. The van der Waals surface area contributed by atoms with Crippen LogP contribution in [0.3, 0.4) is 0 Å². The summed E-state index contributed by atoms with van der Waals surface area (Å²) in [6.07, 6.45) is 1.74. The molecule has 3 N–H and O–H groups in total. The van der Waals surface area contributed by atoms with Crippen molar-refractivity contribution in [2.45, 2.75) is 6.54 Å². The third-order valence-electron chi connectivity index (χ3n) is 5.64. The maximum absolute atomic E-state index is 12.8. The Morgan fingerprint density at radius 3 is 2.32 bits per heavy atom. The number of nitrogens with zero attached hydrogens (tertiary/aromatic N) is 3. The molecule has 0 unspecified atom stereocenters. The Labute approximate surface area is 217 Å². The van der Waals surface area contributed by atoms with Crippen molar-refractivity contribution in [1.82, 2.24) is 0 Å². The van der Waals surface area contributed by atoms with E-state index in [1.54, 1.807) is 17.0 Å². The SMILES string of the molecule is COC(=O)c1cc(N(Cc2cc(O)ccc2O)C2=NC(=O)/C(=C/c3ccc(N(C)C)cc3)S2)ccc1O. The van der Waals surface area contributed by atoms with E-state index in [1.165, 1.54) is 37.4 Å². The van der Waals surface area contributed by atoms with Crippen molar-refractivity contribution in [3.8, 4) is 17.2 Å². The van der Waals surface area contributed by atoms with Gasteiger partial charge in [-0.05, 0) is 71.9 Å². The van der Waals surface area contributed by atoms with Crippen molar-refractivity contribution in [3.05, 3.63) is 82.3 Å². The Bertz CT molecular complexity index is 1420. The average Bonchev–Trinajstić information content (AvgIpc) is 3.24. The fraction of sp³-hybridized carbons (Fsp3) is 0.148. The topological polar surface area (TPSA) is 123 Å². The van der Waals surface area contributed by atoms with Crippen LogP contribution in [0, 0.1) is 0 Å². The molecule has 3 aromatic carbocycles. The minimum absolute atomic E-state index is 0.00947. The molecule has 9 nitrogen and oxygen atoms in total. The highest BCUT2D eigenvalue weighted by atomic mass is 32.2. The summed E-state index contributed by atoms with van der Waals surface area (Å²) in [7, 11) is 5.09. The second-order valence-electron chi connectivity index (χ2n) is 8.39. The van der Waals surface area contributed by atoms with Crippen LogP contribution in [-0.4, -0.2) is 53.6 Å². The van der Waals surface area contributed by atoms with Gasteiger partial charge in [-0.1, -0.05) is 12.1 Å². The normalized spacial score (nSPS) is 14.0. The Hall–Kier alpha value is -4.44. The molecule has 0 saturated heterocycles. The van der Waals surface area contributed by atoms with Crippen LogP contribution in [0.2, 0.25) is 0 Å². The molecule has 0 aromatic heterocycles. The number of hydrogen-bond acceptors (Lipinski definition) is 9. The van der Waals surface area contributed by atoms with E-state index in [1.807, 2.05) is 43.3 Å². The number of benzene rings is 3. The molecule has 0 radical (unpaired) electrons. The summed E-state index contributed by atoms with van der Waals surface area (Å²) in [5.41, 5.74) is 2.55. The van der Waals surface area contributed by atoms with Gasteiger partial charge in [0.25, 0.3) is 5.91 Å². The number of amides is 1. The van der Waals surface area contributed by atoms with Crippen molar-refractivity contribution in [3.63, 3.8) is 0 Å². The summed E-state index contributed by atoms with van der Waals surface area (Å²) < 4.78 is 4.76. The number of hydrogen-bond donors (Lipinski definition) is 3. The van der Waals surface area contributed by atoms with E-state index in [9.17, 15) is 24.9 Å². The number of anilines is 2. The molecule has 37 heavy (non-hydrogen) atoms. The van der Waals surface area contributed by atoms with Gasteiger partial charge in [0.2, 0.25) is 0 Å². The first-order chi connectivity index (χ1) is 17.7. The predicted molar refractivity (Wildman–Crippen MR) is 144 cm³/mol. The highest BCUT2D eigenvalue weighted by molar-refractivity contribution is 8.18. The number of aliphatic imine (C=N–C) groups is 1. The fourth-order valence-corrected chi connectivity index (χ4v) is 4.57.